The number of rotatable bonds is 3. The fraction of sp³-hybridized carbons (Fsp3) is 0.118. The highest BCUT2D eigenvalue weighted by Crippen LogP contribution is 2.22. The third kappa shape index (κ3) is 3.43. The predicted octanol–water partition coefficient (Wildman–Crippen LogP) is 4.21. The highest BCUT2D eigenvalue weighted by molar-refractivity contribution is 7.10. The van der Waals surface area contributed by atoms with Crippen LogP contribution in [0, 0.1) is 19.7 Å². The molecule has 4 nitrogen and oxygen atoms in total. The van der Waals surface area contributed by atoms with Crippen molar-refractivity contribution >= 4 is 22.6 Å². The molecule has 0 unspecified atom stereocenters. The number of hydrogen-bond acceptors (Lipinski definition) is 4. The molecule has 0 aliphatic carbocycles. The second-order valence-corrected chi connectivity index (χ2v) is 5.95. The van der Waals surface area contributed by atoms with Crippen molar-refractivity contribution in [3.8, 4) is 11.4 Å². The van der Waals surface area contributed by atoms with Gasteiger partial charge in [-0.2, -0.15) is 9.36 Å². The van der Waals surface area contributed by atoms with Gasteiger partial charge >= 0.3 is 0 Å². The zero-order chi connectivity index (χ0) is 16.4. The van der Waals surface area contributed by atoms with E-state index in [9.17, 15) is 9.18 Å². The van der Waals surface area contributed by atoms with E-state index < -0.39 is 0 Å². The zero-order valence-corrected chi connectivity index (χ0v) is 13.4. The Morgan fingerprint density at radius 3 is 2.57 bits per heavy atom. The number of nitrogens with one attached hydrogen (secondary N) is 1. The number of anilines is 1. The predicted molar refractivity (Wildman–Crippen MR) is 89.2 cm³/mol. The van der Waals surface area contributed by atoms with Gasteiger partial charge in [-0.3, -0.25) is 10.1 Å². The molecule has 0 aliphatic rings. The first-order valence-electron chi connectivity index (χ1n) is 7.01. The summed E-state index contributed by atoms with van der Waals surface area (Å²) in [5, 5.41) is 3.16. The molecule has 0 spiro atoms. The molecular formula is C17H14FN3OS. The Kier molecular flexibility index (Phi) is 4.16. The van der Waals surface area contributed by atoms with Gasteiger partial charge in [-0.05, 0) is 49.7 Å². The van der Waals surface area contributed by atoms with Gasteiger partial charge < -0.3 is 0 Å². The van der Waals surface area contributed by atoms with Gasteiger partial charge in [-0.1, -0.05) is 17.7 Å². The molecule has 0 saturated carbocycles. The number of carbonyl (C=O) groups is 1. The number of benzene rings is 2. The SMILES string of the molecule is Cc1ccc(C(=O)Nc2nc(-c3ccc(F)cc3)ns2)c(C)c1. The Balaban J connectivity index is 1.78. The molecule has 116 valence electrons. The summed E-state index contributed by atoms with van der Waals surface area (Å²) in [7, 11) is 0. The first kappa shape index (κ1) is 15.3. The van der Waals surface area contributed by atoms with E-state index in [0.29, 0.717) is 22.1 Å². The van der Waals surface area contributed by atoms with Crippen molar-refractivity contribution in [2.24, 2.45) is 0 Å². The number of halogens is 1. The lowest BCUT2D eigenvalue weighted by Crippen LogP contribution is -2.13. The largest absolute Gasteiger partial charge is 0.297 e. The average molecular weight is 327 g/mol. The average Bonchev–Trinajstić information content (AvgIpc) is 2.96. The Hall–Kier alpha value is -2.60. The van der Waals surface area contributed by atoms with Crippen molar-refractivity contribution in [1.82, 2.24) is 9.36 Å². The second kappa shape index (κ2) is 6.26. The Labute approximate surface area is 137 Å². The van der Waals surface area contributed by atoms with E-state index in [2.05, 4.69) is 14.7 Å². The minimum atomic E-state index is -0.313. The van der Waals surface area contributed by atoms with Gasteiger partial charge in [-0.25, -0.2) is 4.39 Å². The molecule has 0 bridgehead atoms. The molecule has 0 radical (unpaired) electrons. The molecule has 0 aliphatic heterocycles. The number of nitrogens with zero attached hydrogens (tertiary/aromatic N) is 2. The van der Waals surface area contributed by atoms with E-state index in [4.69, 9.17) is 0 Å². The quantitative estimate of drug-likeness (QED) is 0.784. The molecule has 23 heavy (non-hydrogen) atoms. The first-order valence-corrected chi connectivity index (χ1v) is 7.78. The molecular weight excluding hydrogens is 313 g/mol. The highest BCUT2D eigenvalue weighted by atomic mass is 32.1. The number of hydrogen-bond donors (Lipinski definition) is 1. The smallest absolute Gasteiger partial charge is 0.257 e. The molecule has 0 saturated heterocycles. The van der Waals surface area contributed by atoms with Crippen LogP contribution in [0.2, 0.25) is 0 Å². The summed E-state index contributed by atoms with van der Waals surface area (Å²) in [6.45, 7) is 3.88. The van der Waals surface area contributed by atoms with Gasteiger partial charge in [0, 0.05) is 22.7 Å². The summed E-state index contributed by atoms with van der Waals surface area (Å²) in [5.74, 6) is -0.0670. The van der Waals surface area contributed by atoms with Crippen LogP contribution in [0.25, 0.3) is 11.4 Å². The van der Waals surface area contributed by atoms with Gasteiger partial charge in [0.25, 0.3) is 5.91 Å². The third-order valence-corrected chi connectivity index (χ3v) is 4.01. The normalized spacial score (nSPS) is 10.6. The van der Waals surface area contributed by atoms with Crippen molar-refractivity contribution in [3.05, 3.63) is 65.0 Å². The van der Waals surface area contributed by atoms with Crippen LogP contribution in [-0.2, 0) is 0 Å². The van der Waals surface area contributed by atoms with Crippen molar-refractivity contribution in [3.63, 3.8) is 0 Å². The van der Waals surface area contributed by atoms with Crippen LogP contribution < -0.4 is 5.32 Å². The fourth-order valence-electron chi connectivity index (χ4n) is 2.22. The van der Waals surface area contributed by atoms with Crippen LogP contribution >= 0.6 is 11.5 Å². The van der Waals surface area contributed by atoms with Crippen LogP contribution in [0.5, 0.6) is 0 Å². The summed E-state index contributed by atoms with van der Waals surface area (Å²) in [5.41, 5.74) is 3.32. The van der Waals surface area contributed by atoms with Crippen LogP contribution in [0.4, 0.5) is 9.52 Å². The van der Waals surface area contributed by atoms with E-state index in [-0.39, 0.29) is 11.7 Å². The van der Waals surface area contributed by atoms with E-state index in [0.717, 1.165) is 22.7 Å². The Morgan fingerprint density at radius 2 is 1.87 bits per heavy atom. The first-order chi connectivity index (χ1) is 11.0. The van der Waals surface area contributed by atoms with Crippen molar-refractivity contribution in [2.45, 2.75) is 13.8 Å². The number of aryl methyl sites for hydroxylation is 2. The van der Waals surface area contributed by atoms with E-state index >= 15 is 0 Å². The summed E-state index contributed by atoms with van der Waals surface area (Å²) in [6.07, 6.45) is 0. The lowest BCUT2D eigenvalue weighted by molar-refractivity contribution is 0.102. The van der Waals surface area contributed by atoms with Crippen LogP contribution in [-0.4, -0.2) is 15.3 Å². The summed E-state index contributed by atoms with van der Waals surface area (Å²) >= 11 is 1.09. The fourth-order valence-corrected chi connectivity index (χ4v) is 2.81. The molecule has 1 N–H and O–H groups in total. The number of amides is 1. The molecule has 6 heteroatoms. The van der Waals surface area contributed by atoms with Crippen molar-refractivity contribution in [2.75, 3.05) is 5.32 Å². The van der Waals surface area contributed by atoms with E-state index in [1.807, 2.05) is 26.0 Å². The van der Waals surface area contributed by atoms with Crippen LogP contribution in [0.1, 0.15) is 21.5 Å². The monoisotopic (exact) mass is 327 g/mol. The molecule has 0 atom stereocenters. The van der Waals surface area contributed by atoms with Gasteiger partial charge in [-0.15, -0.1) is 0 Å². The highest BCUT2D eigenvalue weighted by Gasteiger charge is 2.13. The maximum absolute atomic E-state index is 12.9. The molecule has 1 aromatic heterocycles. The van der Waals surface area contributed by atoms with Crippen LogP contribution in [0.15, 0.2) is 42.5 Å². The molecule has 3 aromatic rings. The maximum atomic E-state index is 12.9. The second-order valence-electron chi connectivity index (χ2n) is 5.20. The molecule has 1 heterocycles. The topological polar surface area (TPSA) is 54.9 Å². The third-order valence-electron chi connectivity index (χ3n) is 3.38. The minimum absolute atomic E-state index is 0.218. The van der Waals surface area contributed by atoms with E-state index in [1.165, 1.54) is 12.1 Å². The molecule has 0 fully saturated rings. The number of carbonyl (C=O) groups excluding carboxylic acids is 1. The van der Waals surface area contributed by atoms with Gasteiger partial charge in [0.1, 0.15) is 5.82 Å². The molecule has 2 aromatic carbocycles. The Morgan fingerprint density at radius 1 is 1.13 bits per heavy atom. The minimum Gasteiger partial charge on any atom is -0.297 e. The molecule has 3 rings (SSSR count). The standard InChI is InChI=1S/C17H14FN3OS/c1-10-3-8-14(11(2)9-10)16(22)20-17-19-15(21-23-17)12-4-6-13(18)7-5-12/h3-9H,1-2H3,(H,19,20,21,22). The maximum Gasteiger partial charge on any atom is 0.257 e. The van der Waals surface area contributed by atoms with Gasteiger partial charge in [0.15, 0.2) is 5.82 Å². The van der Waals surface area contributed by atoms with Crippen molar-refractivity contribution < 1.29 is 9.18 Å². The zero-order valence-electron chi connectivity index (χ0n) is 12.6. The summed E-state index contributed by atoms with van der Waals surface area (Å²) in [6, 6.07) is 11.6. The summed E-state index contributed by atoms with van der Waals surface area (Å²) < 4.78 is 17.1. The van der Waals surface area contributed by atoms with Crippen molar-refractivity contribution in [1.29, 1.82) is 0 Å². The van der Waals surface area contributed by atoms with Gasteiger partial charge in [0.05, 0.1) is 0 Å². The van der Waals surface area contributed by atoms with Crippen LogP contribution in [0.3, 0.4) is 0 Å². The van der Waals surface area contributed by atoms with E-state index in [1.54, 1.807) is 18.2 Å². The lowest BCUT2D eigenvalue weighted by atomic mass is 10.1. The lowest BCUT2D eigenvalue weighted by Gasteiger charge is -2.05. The summed E-state index contributed by atoms with van der Waals surface area (Å²) in [4.78, 5) is 16.6. The Bertz CT molecular complexity index is 859. The number of aromatic nitrogens is 2. The van der Waals surface area contributed by atoms with Gasteiger partial charge in [0.2, 0.25) is 5.13 Å². The molecule has 1 amide bonds.